The molecule has 1 aliphatic rings. The van der Waals surface area contributed by atoms with Crippen LogP contribution in [0, 0.1) is 5.92 Å². The van der Waals surface area contributed by atoms with E-state index in [0.29, 0.717) is 23.0 Å². The summed E-state index contributed by atoms with van der Waals surface area (Å²) in [7, 11) is 1.52. The molecule has 0 bridgehead atoms. The number of carbonyl (C=O) groups excluding carboxylic acids is 1. The number of methoxy groups -OCH3 is 1. The molecule has 0 spiro atoms. The van der Waals surface area contributed by atoms with Gasteiger partial charge in [0.05, 0.1) is 13.3 Å². The van der Waals surface area contributed by atoms with Gasteiger partial charge in [-0.05, 0) is 37.0 Å². The Morgan fingerprint density at radius 3 is 2.77 bits per heavy atom. The molecule has 120 valence electrons. The minimum absolute atomic E-state index is 0.00181. The van der Waals surface area contributed by atoms with Gasteiger partial charge in [0, 0.05) is 18.7 Å². The normalized spacial score (nSPS) is 16.0. The molecule has 6 nitrogen and oxygen atoms in total. The Bertz CT molecular complexity index is 537. The van der Waals surface area contributed by atoms with Gasteiger partial charge in [-0.1, -0.05) is 12.1 Å². The fraction of sp³-hybridized carbons (Fsp3) is 0.500. The molecule has 1 N–H and O–H groups in total. The number of benzene rings is 1. The molecule has 1 saturated heterocycles. The van der Waals surface area contributed by atoms with Crippen LogP contribution in [0.4, 0.5) is 0 Å². The van der Waals surface area contributed by atoms with Crippen LogP contribution in [-0.2, 0) is 4.79 Å². The number of oxime groups is 1. The zero-order valence-electron chi connectivity index (χ0n) is 13.0. The van der Waals surface area contributed by atoms with Crippen molar-refractivity contribution >= 4 is 12.1 Å². The molecular weight excluding hydrogens is 284 g/mol. The number of rotatable bonds is 5. The van der Waals surface area contributed by atoms with E-state index in [2.05, 4.69) is 12.1 Å². The summed E-state index contributed by atoms with van der Waals surface area (Å²) in [6.07, 6.45) is 3.39. The lowest BCUT2D eigenvalue weighted by molar-refractivity contribution is -0.134. The first-order valence-electron chi connectivity index (χ1n) is 7.40. The molecular formula is C16H22N2O4. The number of nitrogens with zero attached hydrogens (tertiary/aromatic N) is 2. The van der Waals surface area contributed by atoms with Crippen LogP contribution in [0.3, 0.4) is 0 Å². The number of hydrogen-bond acceptors (Lipinski definition) is 5. The average molecular weight is 306 g/mol. The van der Waals surface area contributed by atoms with Crippen molar-refractivity contribution in [1.29, 1.82) is 0 Å². The fourth-order valence-electron chi connectivity index (χ4n) is 2.44. The third-order valence-corrected chi connectivity index (χ3v) is 3.88. The number of ether oxygens (including phenoxy) is 2. The smallest absolute Gasteiger partial charge is 0.260 e. The van der Waals surface area contributed by atoms with Crippen LogP contribution in [0.1, 0.15) is 25.3 Å². The van der Waals surface area contributed by atoms with Crippen molar-refractivity contribution in [3.8, 4) is 11.5 Å². The maximum absolute atomic E-state index is 12.2. The summed E-state index contributed by atoms with van der Waals surface area (Å²) in [6.45, 7) is 3.80. The lowest BCUT2D eigenvalue weighted by atomic mass is 9.99. The molecule has 1 aliphatic heterocycles. The van der Waals surface area contributed by atoms with Gasteiger partial charge in [0.1, 0.15) is 0 Å². The number of likely N-dealkylation sites (tertiary alicyclic amines) is 1. The van der Waals surface area contributed by atoms with Gasteiger partial charge in [-0.15, -0.1) is 0 Å². The van der Waals surface area contributed by atoms with Gasteiger partial charge >= 0.3 is 0 Å². The van der Waals surface area contributed by atoms with Crippen LogP contribution in [0.5, 0.6) is 11.5 Å². The Balaban J connectivity index is 1.94. The molecule has 1 aromatic carbocycles. The highest BCUT2D eigenvalue weighted by molar-refractivity contribution is 5.80. The van der Waals surface area contributed by atoms with Gasteiger partial charge < -0.3 is 19.6 Å². The number of hydrogen-bond donors (Lipinski definition) is 1. The molecule has 0 radical (unpaired) electrons. The van der Waals surface area contributed by atoms with Gasteiger partial charge in [-0.2, -0.15) is 0 Å². The lowest BCUT2D eigenvalue weighted by Crippen LogP contribution is -2.40. The molecule has 1 fully saturated rings. The Kier molecular flexibility index (Phi) is 5.63. The molecule has 1 heterocycles. The van der Waals surface area contributed by atoms with Gasteiger partial charge in [-0.3, -0.25) is 4.79 Å². The molecule has 2 rings (SSSR count). The monoisotopic (exact) mass is 306 g/mol. The van der Waals surface area contributed by atoms with Crippen LogP contribution in [-0.4, -0.2) is 49.0 Å². The van der Waals surface area contributed by atoms with Crippen molar-refractivity contribution in [1.82, 2.24) is 4.90 Å². The first-order valence-corrected chi connectivity index (χ1v) is 7.40. The van der Waals surface area contributed by atoms with Gasteiger partial charge in [0.25, 0.3) is 5.91 Å². The molecule has 0 atom stereocenters. The lowest BCUT2D eigenvalue weighted by Gasteiger charge is -2.30. The summed E-state index contributed by atoms with van der Waals surface area (Å²) in [5.74, 6) is 1.68. The Morgan fingerprint density at radius 2 is 2.14 bits per heavy atom. The van der Waals surface area contributed by atoms with Crippen molar-refractivity contribution in [3.05, 3.63) is 23.8 Å². The summed E-state index contributed by atoms with van der Waals surface area (Å²) >= 11 is 0. The van der Waals surface area contributed by atoms with Crippen molar-refractivity contribution in [2.45, 2.75) is 19.8 Å². The number of piperidine rings is 1. The minimum Gasteiger partial charge on any atom is -0.493 e. The average Bonchev–Trinajstić information content (AvgIpc) is 2.54. The SMILES string of the molecule is COc1cc(/C=N\O)ccc1OCC(=O)N1CCC(C)CC1. The summed E-state index contributed by atoms with van der Waals surface area (Å²) in [5, 5.41) is 11.5. The summed E-state index contributed by atoms with van der Waals surface area (Å²) < 4.78 is 10.8. The predicted molar refractivity (Wildman–Crippen MR) is 82.8 cm³/mol. The van der Waals surface area contributed by atoms with Crippen molar-refractivity contribution < 1.29 is 19.5 Å². The topological polar surface area (TPSA) is 71.4 Å². The molecule has 1 amide bonds. The Hall–Kier alpha value is -2.24. The van der Waals surface area contributed by atoms with E-state index in [1.54, 1.807) is 18.2 Å². The highest BCUT2D eigenvalue weighted by Gasteiger charge is 2.20. The van der Waals surface area contributed by atoms with Crippen LogP contribution in [0.2, 0.25) is 0 Å². The fourth-order valence-corrected chi connectivity index (χ4v) is 2.44. The van der Waals surface area contributed by atoms with E-state index in [1.165, 1.54) is 13.3 Å². The molecule has 1 aromatic rings. The van der Waals surface area contributed by atoms with Crippen molar-refractivity contribution in [3.63, 3.8) is 0 Å². The van der Waals surface area contributed by atoms with Gasteiger partial charge in [0.15, 0.2) is 18.1 Å². The highest BCUT2D eigenvalue weighted by atomic mass is 16.5. The largest absolute Gasteiger partial charge is 0.493 e. The molecule has 22 heavy (non-hydrogen) atoms. The first kappa shape index (κ1) is 16.1. The molecule has 0 unspecified atom stereocenters. The maximum atomic E-state index is 12.2. The van der Waals surface area contributed by atoms with E-state index in [9.17, 15) is 4.79 Å². The standard InChI is InChI=1S/C16H22N2O4/c1-12-5-7-18(8-6-12)16(19)11-22-14-4-3-13(10-17-20)9-15(14)21-2/h3-4,9-10,12,20H,5-8,11H2,1-2H3/b17-10-. The van der Waals surface area contributed by atoms with Crippen LogP contribution < -0.4 is 9.47 Å². The third kappa shape index (κ3) is 4.13. The van der Waals surface area contributed by atoms with E-state index in [4.69, 9.17) is 14.7 Å². The van der Waals surface area contributed by atoms with Gasteiger partial charge in [-0.25, -0.2) is 0 Å². The summed E-state index contributed by atoms with van der Waals surface area (Å²) in [4.78, 5) is 14.0. The van der Waals surface area contributed by atoms with E-state index >= 15 is 0 Å². The zero-order chi connectivity index (χ0) is 15.9. The summed E-state index contributed by atoms with van der Waals surface area (Å²) in [5.41, 5.74) is 0.683. The first-order chi connectivity index (χ1) is 10.6. The van der Waals surface area contributed by atoms with Crippen LogP contribution in [0.15, 0.2) is 23.4 Å². The quantitative estimate of drug-likeness (QED) is 0.514. The Morgan fingerprint density at radius 1 is 1.41 bits per heavy atom. The number of amides is 1. The van der Waals surface area contributed by atoms with E-state index in [0.717, 1.165) is 25.9 Å². The van der Waals surface area contributed by atoms with Gasteiger partial charge in [0.2, 0.25) is 0 Å². The van der Waals surface area contributed by atoms with Crippen molar-refractivity contribution in [2.24, 2.45) is 11.1 Å². The highest BCUT2D eigenvalue weighted by Crippen LogP contribution is 2.27. The number of carbonyl (C=O) groups is 1. The van der Waals surface area contributed by atoms with E-state index in [-0.39, 0.29) is 12.5 Å². The molecule has 0 aromatic heterocycles. The second-order valence-electron chi connectivity index (χ2n) is 5.51. The zero-order valence-corrected chi connectivity index (χ0v) is 13.0. The maximum Gasteiger partial charge on any atom is 0.260 e. The summed E-state index contributed by atoms with van der Waals surface area (Å²) in [6, 6.07) is 5.11. The third-order valence-electron chi connectivity index (χ3n) is 3.88. The molecule has 0 saturated carbocycles. The van der Waals surface area contributed by atoms with Crippen molar-refractivity contribution in [2.75, 3.05) is 26.8 Å². The Labute approximate surface area is 130 Å². The van der Waals surface area contributed by atoms with E-state index in [1.807, 2.05) is 4.90 Å². The second kappa shape index (κ2) is 7.68. The molecule has 0 aliphatic carbocycles. The van der Waals surface area contributed by atoms with Crippen LogP contribution in [0.25, 0.3) is 0 Å². The molecule has 6 heteroatoms. The predicted octanol–water partition coefficient (Wildman–Crippen LogP) is 2.14. The second-order valence-corrected chi connectivity index (χ2v) is 5.51. The van der Waals surface area contributed by atoms with E-state index < -0.39 is 0 Å². The van der Waals surface area contributed by atoms with Crippen LogP contribution >= 0.6 is 0 Å². The minimum atomic E-state index is -0.00468.